The average Bonchev–Trinajstić information content (AvgIpc) is 2.93. The van der Waals surface area contributed by atoms with Crippen molar-refractivity contribution in [2.24, 2.45) is 5.92 Å². The van der Waals surface area contributed by atoms with Crippen molar-refractivity contribution in [3.05, 3.63) is 16.9 Å². The molecule has 1 aromatic heterocycles. The molecule has 3 nitrogen and oxygen atoms in total. The Morgan fingerprint density at radius 1 is 1.50 bits per heavy atom. The number of hydrogen-bond acceptors (Lipinski definition) is 3. The summed E-state index contributed by atoms with van der Waals surface area (Å²) in [7, 11) is 0. The lowest BCUT2D eigenvalue weighted by molar-refractivity contribution is 0.637. The number of aromatic nitrogens is 2. The van der Waals surface area contributed by atoms with Crippen molar-refractivity contribution in [1.29, 1.82) is 0 Å². The van der Waals surface area contributed by atoms with Gasteiger partial charge in [0.05, 0.1) is 4.47 Å². The number of rotatable bonds is 4. The molecule has 1 heterocycles. The maximum absolute atomic E-state index is 4.18. The zero-order chi connectivity index (χ0) is 9.97. The van der Waals surface area contributed by atoms with Gasteiger partial charge < -0.3 is 5.32 Å². The number of halogens is 1. The molecule has 2 rings (SSSR count). The predicted molar refractivity (Wildman–Crippen MR) is 60.2 cm³/mol. The van der Waals surface area contributed by atoms with Crippen molar-refractivity contribution >= 4 is 21.9 Å². The molecule has 4 heteroatoms. The van der Waals surface area contributed by atoms with Crippen molar-refractivity contribution in [1.82, 2.24) is 9.97 Å². The van der Waals surface area contributed by atoms with E-state index in [0.29, 0.717) is 6.04 Å². The van der Waals surface area contributed by atoms with Gasteiger partial charge in [-0.3, -0.25) is 0 Å². The van der Waals surface area contributed by atoms with Gasteiger partial charge in [-0.2, -0.15) is 0 Å². The summed E-state index contributed by atoms with van der Waals surface area (Å²) >= 11 is 3.31. The third kappa shape index (κ3) is 2.94. The molecule has 0 aliphatic heterocycles. The zero-order valence-electron chi connectivity index (χ0n) is 8.20. The lowest BCUT2D eigenvalue weighted by Crippen LogP contribution is -2.17. The summed E-state index contributed by atoms with van der Waals surface area (Å²) in [6.45, 7) is 2.18. The van der Waals surface area contributed by atoms with Gasteiger partial charge in [0.2, 0.25) is 5.95 Å². The molecule has 1 atom stereocenters. The molecule has 1 aliphatic rings. The molecular weight excluding hydrogens is 242 g/mol. The summed E-state index contributed by atoms with van der Waals surface area (Å²) in [6.07, 6.45) is 7.55. The van der Waals surface area contributed by atoms with E-state index in [-0.39, 0.29) is 0 Å². The summed E-state index contributed by atoms with van der Waals surface area (Å²) in [5.74, 6) is 1.66. The lowest BCUT2D eigenvalue weighted by atomic mass is 10.2. The maximum Gasteiger partial charge on any atom is 0.222 e. The highest BCUT2D eigenvalue weighted by molar-refractivity contribution is 9.10. The summed E-state index contributed by atoms with van der Waals surface area (Å²) in [5, 5.41) is 3.30. The second-order valence-corrected chi connectivity index (χ2v) is 4.87. The highest BCUT2D eigenvalue weighted by Crippen LogP contribution is 2.33. The van der Waals surface area contributed by atoms with E-state index in [1.807, 2.05) is 0 Å². The van der Waals surface area contributed by atoms with E-state index in [0.717, 1.165) is 16.3 Å². The Hall–Kier alpha value is -0.640. The largest absolute Gasteiger partial charge is 0.352 e. The van der Waals surface area contributed by atoms with E-state index in [4.69, 9.17) is 0 Å². The fourth-order valence-electron chi connectivity index (χ4n) is 1.52. The van der Waals surface area contributed by atoms with Crippen LogP contribution in [0, 0.1) is 5.92 Å². The molecule has 0 saturated heterocycles. The van der Waals surface area contributed by atoms with Gasteiger partial charge in [0.25, 0.3) is 0 Å². The van der Waals surface area contributed by atoms with Gasteiger partial charge >= 0.3 is 0 Å². The normalized spacial score (nSPS) is 17.9. The lowest BCUT2D eigenvalue weighted by Gasteiger charge is -2.12. The number of hydrogen-bond donors (Lipinski definition) is 1. The number of nitrogens with one attached hydrogen (secondary N) is 1. The zero-order valence-corrected chi connectivity index (χ0v) is 9.79. The highest BCUT2D eigenvalue weighted by atomic mass is 79.9. The maximum atomic E-state index is 4.18. The summed E-state index contributed by atoms with van der Waals surface area (Å²) in [4.78, 5) is 8.35. The molecule has 1 aliphatic carbocycles. The van der Waals surface area contributed by atoms with Crippen LogP contribution in [0.15, 0.2) is 16.9 Å². The second-order valence-electron chi connectivity index (χ2n) is 3.95. The van der Waals surface area contributed by atoms with Crippen LogP contribution in [0.2, 0.25) is 0 Å². The molecule has 1 N–H and O–H groups in total. The van der Waals surface area contributed by atoms with Gasteiger partial charge in [-0.05, 0) is 35.2 Å². The Bertz CT molecular complexity index is 295. The molecule has 76 valence electrons. The van der Waals surface area contributed by atoms with Crippen molar-refractivity contribution in [3.63, 3.8) is 0 Å². The van der Waals surface area contributed by atoms with Crippen molar-refractivity contribution in [3.8, 4) is 0 Å². The Balaban J connectivity index is 1.85. The molecule has 1 unspecified atom stereocenters. The van der Waals surface area contributed by atoms with E-state index in [9.17, 15) is 0 Å². The van der Waals surface area contributed by atoms with Gasteiger partial charge in [-0.25, -0.2) is 9.97 Å². The fraction of sp³-hybridized carbons (Fsp3) is 0.600. The first-order valence-electron chi connectivity index (χ1n) is 4.98. The van der Waals surface area contributed by atoms with E-state index in [2.05, 4.69) is 38.1 Å². The first kappa shape index (κ1) is 9.90. The van der Waals surface area contributed by atoms with Gasteiger partial charge in [0.1, 0.15) is 0 Å². The summed E-state index contributed by atoms with van der Waals surface area (Å²) in [5.41, 5.74) is 0. The Labute approximate surface area is 92.5 Å². The van der Waals surface area contributed by atoms with Crippen LogP contribution >= 0.6 is 15.9 Å². The van der Waals surface area contributed by atoms with Gasteiger partial charge in [0.15, 0.2) is 0 Å². The molecule has 0 bridgehead atoms. The summed E-state index contributed by atoms with van der Waals surface area (Å²) in [6, 6.07) is 0.476. The molecule has 1 saturated carbocycles. The molecular formula is C10H14BrN3. The minimum atomic E-state index is 0.476. The first-order valence-corrected chi connectivity index (χ1v) is 5.77. The molecule has 14 heavy (non-hydrogen) atoms. The van der Waals surface area contributed by atoms with E-state index in [1.54, 1.807) is 12.4 Å². The Morgan fingerprint density at radius 3 is 2.71 bits per heavy atom. The predicted octanol–water partition coefficient (Wildman–Crippen LogP) is 2.84. The minimum Gasteiger partial charge on any atom is -0.352 e. The monoisotopic (exact) mass is 255 g/mol. The molecule has 0 radical (unpaired) electrons. The van der Waals surface area contributed by atoms with Crippen LogP contribution in [-0.4, -0.2) is 16.0 Å². The van der Waals surface area contributed by atoms with Crippen molar-refractivity contribution in [2.45, 2.75) is 32.2 Å². The average molecular weight is 256 g/mol. The molecule has 0 amide bonds. The Morgan fingerprint density at radius 2 is 2.14 bits per heavy atom. The number of nitrogens with zero attached hydrogens (tertiary/aromatic N) is 2. The third-order valence-electron chi connectivity index (χ3n) is 2.38. The van der Waals surface area contributed by atoms with Crippen molar-refractivity contribution in [2.75, 3.05) is 5.32 Å². The van der Waals surface area contributed by atoms with Gasteiger partial charge in [-0.1, -0.05) is 12.8 Å². The molecule has 0 aromatic carbocycles. The fourth-order valence-corrected chi connectivity index (χ4v) is 1.72. The van der Waals surface area contributed by atoms with Crippen molar-refractivity contribution < 1.29 is 0 Å². The first-order chi connectivity index (χ1) is 6.74. The quantitative estimate of drug-likeness (QED) is 0.900. The minimum absolute atomic E-state index is 0.476. The van der Waals surface area contributed by atoms with Crippen LogP contribution in [0.1, 0.15) is 26.2 Å². The third-order valence-corrected chi connectivity index (χ3v) is 2.79. The van der Waals surface area contributed by atoms with Crippen LogP contribution in [0.4, 0.5) is 5.95 Å². The molecule has 0 spiro atoms. The number of anilines is 1. The standard InChI is InChI=1S/C10H14BrN3/c1-7(4-8-2-3-8)14-10-12-5-9(11)6-13-10/h5-8H,2-4H2,1H3,(H,12,13,14). The topological polar surface area (TPSA) is 37.8 Å². The Kier molecular flexibility index (Phi) is 3.01. The molecule has 1 aromatic rings. The molecule has 1 fully saturated rings. The van der Waals surface area contributed by atoms with Gasteiger partial charge in [0, 0.05) is 18.4 Å². The second kappa shape index (κ2) is 4.26. The van der Waals surface area contributed by atoms with Crippen LogP contribution in [0.5, 0.6) is 0 Å². The van der Waals surface area contributed by atoms with E-state index < -0.39 is 0 Å². The van der Waals surface area contributed by atoms with Crippen LogP contribution in [-0.2, 0) is 0 Å². The van der Waals surface area contributed by atoms with E-state index in [1.165, 1.54) is 19.3 Å². The van der Waals surface area contributed by atoms with Crippen LogP contribution in [0.25, 0.3) is 0 Å². The van der Waals surface area contributed by atoms with E-state index >= 15 is 0 Å². The van der Waals surface area contributed by atoms with Crippen LogP contribution < -0.4 is 5.32 Å². The SMILES string of the molecule is CC(CC1CC1)Nc1ncc(Br)cn1. The summed E-state index contributed by atoms with van der Waals surface area (Å²) < 4.78 is 0.915. The van der Waals surface area contributed by atoms with Gasteiger partial charge in [-0.15, -0.1) is 0 Å². The van der Waals surface area contributed by atoms with Crippen LogP contribution in [0.3, 0.4) is 0 Å². The highest BCUT2D eigenvalue weighted by Gasteiger charge is 2.23. The smallest absolute Gasteiger partial charge is 0.222 e.